The quantitative estimate of drug-likeness (QED) is 0.580. The molecule has 3 unspecified atom stereocenters. The van der Waals surface area contributed by atoms with Gasteiger partial charge in [-0.1, -0.05) is 6.92 Å². The number of carbonyl (C=O) groups is 1. The zero-order chi connectivity index (χ0) is 10.5. The van der Waals surface area contributed by atoms with Crippen molar-refractivity contribution in [2.45, 2.75) is 44.7 Å². The lowest BCUT2D eigenvalue weighted by Gasteiger charge is -2.34. The fourth-order valence-electron chi connectivity index (χ4n) is 2.41. The minimum Gasteiger partial charge on any atom is -0.382 e. The first kappa shape index (κ1) is 10.1. The van der Waals surface area contributed by atoms with Gasteiger partial charge in [-0.25, -0.2) is 0 Å². The Bertz CT molecular complexity index is 261. The molecule has 0 bridgehead atoms. The van der Waals surface area contributed by atoms with E-state index in [-0.39, 0.29) is 23.7 Å². The number of hydrogen-bond acceptors (Lipinski definition) is 4. The third kappa shape index (κ3) is 1.38. The first-order chi connectivity index (χ1) is 6.42. The van der Waals surface area contributed by atoms with Crippen molar-refractivity contribution in [3.8, 4) is 0 Å². The lowest BCUT2D eigenvalue weighted by molar-refractivity contribution is -0.153. The Morgan fingerprint density at radius 2 is 2.21 bits per heavy atom. The minimum atomic E-state index is -1.27. The van der Waals surface area contributed by atoms with Gasteiger partial charge in [0.1, 0.15) is 5.60 Å². The molecule has 0 aromatic rings. The largest absolute Gasteiger partial charge is 0.382 e. The lowest BCUT2D eigenvalue weighted by atomic mass is 9.73. The van der Waals surface area contributed by atoms with Gasteiger partial charge in [0.25, 0.3) is 0 Å². The minimum absolute atomic E-state index is 0.0138. The molecule has 1 heterocycles. The summed E-state index contributed by atoms with van der Waals surface area (Å²) in [5.74, 6) is -0.0823. The summed E-state index contributed by atoms with van der Waals surface area (Å²) in [7, 11) is 0. The Morgan fingerprint density at radius 1 is 1.57 bits per heavy atom. The van der Waals surface area contributed by atoms with Crippen molar-refractivity contribution < 1.29 is 19.7 Å². The molecule has 0 amide bonds. The van der Waals surface area contributed by atoms with E-state index in [0.717, 1.165) is 0 Å². The fraction of sp³-hybridized carbons (Fsp3) is 0.900. The molecular formula is C10H16O4. The highest BCUT2D eigenvalue weighted by Crippen LogP contribution is 2.42. The van der Waals surface area contributed by atoms with E-state index < -0.39 is 11.9 Å². The number of aliphatic hydroxyl groups excluding tert-OH is 1. The third-order valence-corrected chi connectivity index (χ3v) is 3.54. The van der Waals surface area contributed by atoms with Gasteiger partial charge in [0.15, 0.2) is 12.1 Å². The molecule has 4 heteroatoms. The second kappa shape index (κ2) is 3.02. The second-order valence-electron chi connectivity index (χ2n) is 4.69. The van der Waals surface area contributed by atoms with Crippen molar-refractivity contribution in [3.05, 3.63) is 0 Å². The van der Waals surface area contributed by atoms with Gasteiger partial charge in [-0.05, 0) is 12.8 Å². The van der Waals surface area contributed by atoms with E-state index in [1.165, 1.54) is 6.92 Å². The van der Waals surface area contributed by atoms with Crippen LogP contribution in [-0.4, -0.2) is 34.0 Å². The van der Waals surface area contributed by atoms with Crippen LogP contribution in [0.2, 0.25) is 0 Å². The molecule has 1 saturated carbocycles. The summed E-state index contributed by atoms with van der Waals surface area (Å²) in [6.45, 7) is 3.40. The zero-order valence-electron chi connectivity index (χ0n) is 8.43. The van der Waals surface area contributed by atoms with Crippen molar-refractivity contribution in [3.63, 3.8) is 0 Å². The predicted molar refractivity (Wildman–Crippen MR) is 48.4 cm³/mol. The Morgan fingerprint density at radius 3 is 2.86 bits per heavy atom. The van der Waals surface area contributed by atoms with E-state index in [1.807, 2.05) is 6.92 Å². The van der Waals surface area contributed by atoms with Gasteiger partial charge in [0.2, 0.25) is 0 Å². The number of carbonyl (C=O) groups excluding carboxylic acids is 1. The molecule has 5 atom stereocenters. The number of ketones is 1. The van der Waals surface area contributed by atoms with Crippen molar-refractivity contribution in [1.82, 2.24) is 0 Å². The zero-order valence-corrected chi connectivity index (χ0v) is 8.43. The molecule has 2 fully saturated rings. The fourth-order valence-corrected chi connectivity index (χ4v) is 2.41. The number of hydrogen-bond donors (Lipinski definition) is 2. The van der Waals surface area contributed by atoms with Crippen LogP contribution in [0.15, 0.2) is 0 Å². The number of rotatable bonds is 0. The molecule has 1 aliphatic heterocycles. The van der Waals surface area contributed by atoms with Crippen molar-refractivity contribution in [2.24, 2.45) is 11.8 Å². The molecule has 0 spiro atoms. The molecule has 0 radical (unpaired) electrons. The number of fused-ring (bicyclic) bond motifs is 1. The Hall–Kier alpha value is -0.450. The molecule has 1 saturated heterocycles. The molecule has 2 rings (SSSR count). The second-order valence-corrected chi connectivity index (χ2v) is 4.69. The summed E-state index contributed by atoms with van der Waals surface area (Å²) in [5.41, 5.74) is -1.27. The van der Waals surface area contributed by atoms with Crippen LogP contribution in [0, 0.1) is 11.8 Å². The Labute approximate surface area is 82.9 Å². The van der Waals surface area contributed by atoms with Gasteiger partial charge in [-0.15, -0.1) is 0 Å². The van der Waals surface area contributed by atoms with Crippen LogP contribution in [0.3, 0.4) is 0 Å². The smallest absolute Gasteiger partial charge is 0.164 e. The van der Waals surface area contributed by atoms with E-state index in [1.54, 1.807) is 0 Å². The van der Waals surface area contributed by atoms with Crippen LogP contribution in [0.4, 0.5) is 0 Å². The first-order valence-electron chi connectivity index (χ1n) is 5.01. The maximum atomic E-state index is 11.5. The van der Waals surface area contributed by atoms with E-state index in [9.17, 15) is 15.0 Å². The summed E-state index contributed by atoms with van der Waals surface area (Å²) < 4.78 is 5.30. The van der Waals surface area contributed by atoms with Crippen LogP contribution in [0.5, 0.6) is 0 Å². The van der Waals surface area contributed by atoms with Crippen LogP contribution in [-0.2, 0) is 9.53 Å². The van der Waals surface area contributed by atoms with E-state index in [2.05, 4.69) is 0 Å². The van der Waals surface area contributed by atoms with Gasteiger partial charge in [0.05, 0.1) is 6.10 Å². The maximum Gasteiger partial charge on any atom is 0.164 e. The maximum absolute atomic E-state index is 11.5. The molecule has 1 aliphatic carbocycles. The normalized spacial score (nSPS) is 53.3. The van der Waals surface area contributed by atoms with Crippen LogP contribution in [0.25, 0.3) is 0 Å². The summed E-state index contributed by atoms with van der Waals surface area (Å²) in [5, 5.41) is 19.2. The molecule has 0 aromatic heterocycles. The molecular weight excluding hydrogens is 184 g/mol. The van der Waals surface area contributed by atoms with Gasteiger partial charge in [-0.2, -0.15) is 0 Å². The van der Waals surface area contributed by atoms with Crippen molar-refractivity contribution in [1.29, 1.82) is 0 Å². The van der Waals surface area contributed by atoms with E-state index >= 15 is 0 Å². The standard InChI is InChI=1S/C10H16O4/c1-5-6-3-8(11)10(2,13)4-7(6)14-9(5)12/h5-7,9,12-13H,3-4H2,1-2H3/t5-,6?,7?,9?,10+/m1/s1. The van der Waals surface area contributed by atoms with E-state index in [4.69, 9.17) is 4.74 Å². The Balaban J connectivity index is 2.18. The topological polar surface area (TPSA) is 66.8 Å². The molecule has 4 nitrogen and oxygen atoms in total. The lowest BCUT2D eigenvalue weighted by Crippen LogP contribution is -2.47. The average Bonchev–Trinajstić information content (AvgIpc) is 2.31. The molecule has 2 aliphatic rings. The molecule has 80 valence electrons. The summed E-state index contributed by atoms with van der Waals surface area (Å²) in [4.78, 5) is 11.5. The summed E-state index contributed by atoms with van der Waals surface area (Å²) >= 11 is 0. The molecule has 14 heavy (non-hydrogen) atoms. The van der Waals surface area contributed by atoms with Crippen LogP contribution in [0.1, 0.15) is 26.7 Å². The highest BCUT2D eigenvalue weighted by Gasteiger charge is 2.51. The molecule has 0 aromatic carbocycles. The SMILES string of the molecule is C[C@H]1C(O)OC2C[C@](C)(O)C(=O)CC21. The van der Waals surface area contributed by atoms with Crippen LogP contribution >= 0.6 is 0 Å². The van der Waals surface area contributed by atoms with Gasteiger partial charge in [0, 0.05) is 18.8 Å². The average molecular weight is 200 g/mol. The number of Topliss-reactive ketones (excluding diaryl/α,β-unsaturated/α-hetero) is 1. The predicted octanol–water partition coefficient (Wildman–Crippen LogP) is 0.0698. The van der Waals surface area contributed by atoms with Gasteiger partial charge in [-0.3, -0.25) is 4.79 Å². The van der Waals surface area contributed by atoms with Gasteiger partial charge >= 0.3 is 0 Å². The van der Waals surface area contributed by atoms with Crippen LogP contribution < -0.4 is 0 Å². The molecule has 2 N–H and O–H groups in total. The monoisotopic (exact) mass is 200 g/mol. The highest BCUT2D eigenvalue weighted by molar-refractivity contribution is 5.87. The van der Waals surface area contributed by atoms with E-state index in [0.29, 0.717) is 12.8 Å². The number of ether oxygens (including phenoxy) is 1. The third-order valence-electron chi connectivity index (χ3n) is 3.54. The Kier molecular flexibility index (Phi) is 2.17. The van der Waals surface area contributed by atoms with Crippen molar-refractivity contribution in [2.75, 3.05) is 0 Å². The van der Waals surface area contributed by atoms with Crippen molar-refractivity contribution >= 4 is 5.78 Å². The van der Waals surface area contributed by atoms with Gasteiger partial charge < -0.3 is 14.9 Å². The first-order valence-corrected chi connectivity index (χ1v) is 5.01. The highest BCUT2D eigenvalue weighted by atomic mass is 16.6. The summed E-state index contributed by atoms with van der Waals surface area (Å²) in [6.07, 6.45) is -0.340. The summed E-state index contributed by atoms with van der Waals surface area (Å²) in [6, 6.07) is 0. The number of aliphatic hydroxyl groups is 2.